The lowest BCUT2D eigenvalue weighted by Crippen LogP contribution is -2.66. The number of hydrogen-bond acceptors (Lipinski definition) is 4. The van der Waals surface area contributed by atoms with Gasteiger partial charge in [-0.25, -0.2) is 4.79 Å². The van der Waals surface area contributed by atoms with E-state index in [9.17, 15) is 4.79 Å². The second-order valence-electron chi connectivity index (χ2n) is 11.1. The molecule has 1 aromatic heterocycles. The molecule has 2 amide bonds. The highest BCUT2D eigenvalue weighted by atomic mass is 16.2. The summed E-state index contributed by atoms with van der Waals surface area (Å²) >= 11 is 0. The standard InChI is InChI=1S/C27H33N5O/c1-26(2)24-15-19-13-20-14-22(18-7-9-28-29-17-18)30-23(20)16-21(19)27(26,3)8-12-32(24)25(33)31-10-5-4-6-11-31/h7,9,13,16-17,24H,4-6,8,10-12,14-15H2,1-3H3/t24-,27+/m1/s1. The summed E-state index contributed by atoms with van der Waals surface area (Å²) in [5.74, 6) is 0. The number of aliphatic imine (C=N–C) groups is 1. The highest BCUT2D eigenvalue weighted by Gasteiger charge is 2.57. The van der Waals surface area contributed by atoms with Crippen LogP contribution in [-0.2, 0) is 18.3 Å². The van der Waals surface area contributed by atoms with Gasteiger partial charge in [-0.15, -0.1) is 0 Å². The van der Waals surface area contributed by atoms with Crippen molar-refractivity contribution in [3.05, 3.63) is 52.8 Å². The number of amides is 2. The highest BCUT2D eigenvalue weighted by Crippen LogP contribution is 2.57. The van der Waals surface area contributed by atoms with Crippen molar-refractivity contribution in [2.75, 3.05) is 19.6 Å². The number of hydrogen-bond donors (Lipinski definition) is 0. The Morgan fingerprint density at radius 1 is 1.03 bits per heavy atom. The molecule has 4 aliphatic rings. The lowest BCUT2D eigenvalue weighted by Gasteiger charge is -2.61. The van der Waals surface area contributed by atoms with Crippen LogP contribution >= 0.6 is 0 Å². The topological polar surface area (TPSA) is 61.7 Å². The molecule has 172 valence electrons. The average molecular weight is 444 g/mol. The third-order valence-electron chi connectivity index (χ3n) is 9.20. The number of carbonyl (C=O) groups is 1. The molecular formula is C27H33N5O. The summed E-state index contributed by atoms with van der Waals surface area (Å²) in [6.07, 6.45) is 9.79. The molecule has 6 nitrogen and oxygen atoms in total. The van der Waals surface area contributed by atoms with Crippen molar-refractivity contribution in [2.24, 2.45) is 10.4 Å². The van der Waals surface area contributed by atoms with Crippen LogP contribution in [0.5, 0.6) is 0 Å². The van der Waals surface area contributed by atoms with Gasteiger partial charge >= 0.3 is 6.03 Å². The Balaban J connectivity index is 1.36. The molecule has 2 saturated heterocycles. The van der Waals surface area contributed by atoms with Gasteiger partial charge in [-0.2, -0.15) is 10.2 Å². The van der Waals surface area contributed by atoms with E-state index in [1.54, 1.807) is 12.4 Å². The van der Waals surface area contributed by atoms with Gasteiger partial charge in [0.05, 0.1) is 23.8 Å². The Hall–Kier alpha value is -2.76. The number of urea groups is 1. The molecule has 0 N–H and O–H groups in total. The van der Waals surface area contributed by atoms with Crippen LogP contribution in [0.25, 0.3) is 0 Å². The fourth-order valence-corrected chi connectivity index (χ4v) is 6.74. The van der Waals surface area contributed by atoms with Gasteiger partial charge in [0.2, 0.25) is 0 Å². The summed E-state index contributed by atoms with van der Waals surface area (Å²) in [6, 6.07) is 7.20. The van der Waals surface area contributed by atoms with Gasteiger partial charge in [0.1, 0.15) is 0 Å². The zero-order valence-corrected chi connectivity index (χ0v) is 20.0. The molecule has 2 fully saturated rings. The van der Waals surface area contributed by atoms with Crippen molar-refractivity contribution in [2.45, 2.75) is 70.8 Å². The minimum Gasteiger partial charge on any atom is -0.325 e. The Bertz CT molecular complexity index is 1130. The lowest BCUT2D eigenvalue weighted by atomic mass is 9.51. The quantitative estimate of drug-likeness (QED) is 0.643. The van der Waals surface area contributed by atoms with Crippen LogP contribution in [0, 0.1) is 5.41 Å². The summed E-state index contributed by atoms with van der Waals surface area (Å²) in [4.78, 5) is 22.9. The van der Waals surface area contributed by atoms with Crippen LogP contribution in [-0.4, -0.2) is 57.4 Å². The van der Waals surface area contributed by atoms with Crippen LogP contribution in [0.4, 0.5) is 10.5 Å². The van der Waals surface area contributed by atoms with E-state index in [0.717, 1.165) is 68.7 Å². The maximum absolute atomic E-state index is 13.6. The van der Waals surface area contributed by atoms with E-state index >= 15 is 0 Å². The van der Waals surface area contributed by atoms with E-state index in [-0.39, 0.29) is 22.9 Å². The lowest BCUT2D eigenvalue weighted by molar-refractivity contribution is -0.0242. The first-order chi connectivity index (χ1) is 15.9. The van der Waals surface area contributed by atoms with Gasteiger partial charge in [-0.1, -0.05) is 26.8 Å². The normalized spacial score (nSPS) is 27.6. The van der Waals surface area contributed by atoms with Gasteiger partial charge in [-0.3, -0.25) is 4.99 Å². The predicted molar refractivity (Wildman–Crippen MR) is 129 cm³/mol. The summed E-state index contributed by atoms with van der Waals surface area (Å²) in [5.41, 5.74) is 7.36. The third kappa shape index (κ3) is 3.06. The van der Waals surface area contributed by atoms with Crippen molar-refractivity contribution >= 4 is 17.4 Å². The predicted octanol–water partition coefficient (Wildman–Crippen LogP) is 4.67. The van der Waals surface area contributed by atoms with Crippen molar-refractivity contribution in [1.29, 1.82) is 0 Å². The Morgan fingerprint density at radius 2 is 1.85 bits per heavy atom. The fourth-order valence-electron chi connectivity index (χ4n) is 6.74. The van der Waals surface area contributed by atoms with Crippen LogP contribution in [0.15, 0.2) is 35.6 Å². The molecule has 33 heavy (non-hydrogen) atoms. The number of rotatable bonds is 1. The molecule has 1 aromatic carbocycles. The summed E-state index contributed by atoms with van der Waals surface area (Å²) in [6.45, 7) is 9.83. The van der Waals surface area contributed by atoms with E-state index in [4.69, 9.17) is 4.99 Å². The minimum atomic E-state index is -0.00188. The maximum atomic E-state index is 13.6. The van der Waals surface area contributed by atoms with Gasteiger partial charge < -0.3 is 9.80 Å². The van der Waals surface area contributed by atoms with E-state index in [1.165, 1.54) is 23.1 Å². The number of likely N-dealkylation sites (tertiary alicyclic amines) is 2. The maximum Gasteiger partial charge on any atom is 0.320 e. The molecule has 6 heteroatoms. The van der Waals surface area contributed by atoms with Crippen molar-refractivity contribution in [1.82, 2.24) is 20.0 Å². The SMILES string of the molecule is CC1(C)[C@H]2Cc3cc4c(cc3[C@]1(C)CCN2C(=O)N1CCCCC1)N=C(c1ccnnc1)C4. The Labute approximate surface area is 196 Å². The van der Waals surface area contributed by atoms with Crippen LogP contribution in [0.1, 0.15) is 68.7 Å². The zero-order valence-electron chi connectivity index (χ0n) is 20.0. The molecule has 2 bridgehead atoms. The summed E-state index contributed by atoms with van der Waals surface area (Å²) in [5, 5.41) is 7.94. The first kappa shape index (κ1) is 20.8. The van der Waals surface area contributed by atoms with E-state index in [2.05, 4.69) is 52.9 Å². The second-order valence-corrected chi connectivity index (χ2v) is 11.1. The Kier molecular flexibility index (Phi) is 4.65. The summed E-state index contributed by atoms with van der Waals surface area (Å²) < 4.78 is 0. The van der Waals surface area contributed by atoms with Gasteiger partial charge in [0.25, 0.3) is 0 Å². The average Bonchev–Trinajstić information content (AvgIpc) is 3.25. The largest absolute Gasteiger partial charge is 0.325 e. The zero-order chi connectivity index (χ0) is 22.8. The number of nitrogens with zero attached hydrogens (tertiary/aromatic N) is 5. The number of benzene rings is 1. The molecule has 0 unspecified atom stereocenters. The first-order valence-electron chi connectivity index (χ1n) is 12.4. The number of fused-ring (bicyclic) bond motifs is 5. The summed E-state index contributed by atoms with van der Waals surface area (Å²) in [7, 11) is 0. The molecule has 0 spiro atoms. The third-order valence-corrected chi connectivity index (χ3v) is 9.20. The van der Waals surface area contributed by atoms with Crippen molar-refractivity contribution in [3.8, 4) is 0 Å². The van der Waals surface area contributed by atoms with Gasteiger partial charge in [0, 0.05) is 43.1 Å². The van der Waals surface area contributed by atoms with Gasteiger partial charge in [-0.05, 0) is 66.3 Å². The fraction of sp³-hybridized carbons (Fsp3) is 0.556. The highest BCUT2D eigenvalue weighted by molar-refractivity contribution is 6.06. The smallest absolute Gasteiger partial charge is 0.320 e. The van der Waals surface area contributed by atoms with Crippen molar-refractivity contribution in [3.63, 3.8) is 0 Å². The molecule has 6 rings (SSSR count). The second kappa shape index (κ2) is 7.37. The van der Waals surface area contributed by atoms with Crippen LogP contribution < -0.4 is 0 Å². The molecule has 2 atom stereocenters. The van der Waals surface area contributed by atoms with E-state index in [0.29, 0.717) is 0 Å². The Morgan fingerprint density at radius 3 is 2.61 bits per heavy atom. The first-order valence-corrected chi connectivity index (χ1v) is 12.4. The molecule has 0 saturated carbocycles. The molecule has 1 aliphatic carbocycles. The van der Waals surface area contributed by atoms with E-state index in [1.807, 2.05) is 6.07 Å². The number of piperidine rings is 2. The number of carbonyl (C=O) groups excluding carboxylic acids is 1. The van der Waals surface area contributed by atoms with E-state index < -0.39 is 0 Å². The van der Waals surface area contributed by atoms with Gasteiger partial charge in [0.15, 0.2) is 0 Å². The molecule has 4 heterocycles. The van der Waals surface area contributed by atoms with Crippen LogP contribution in [0.2, 0.25) is 0 Å². The molecule has 3 aliphatic heterocycles. The molecule has 2 aromatic rings. The van der Waals surface area contributed by atoms with Crippen molar-refractivity contribution < 1.29 is 4.79 Å². The minimum absolute atomic E-state index is 0.00188. The molecule has 0 radical (unpaired) electrons. The van der Waals surface area contributed by atoms with Crippen LogP contribution in [0.3, 0.4) is 0 Å². The monoisotopic (exact) mass is 443 g/mol. The number of aromatic nitrogens is 2. The molecular weight excluding hydrogens is 410 g/mol.